The Morgan fingerprint density at radius 3 is 2.88 bits per heavy atom. The van der Waals surface area contributed by atoms with Gasteiger partial charge in [-0.3, -0.25) is 4.98 Å². The molecule has 0 saturated carbocycles. The molecule has 0 bridgehead atoms. The highest BCUT2D eigenvalue weighted by molar-refractivity contribution is 9.11. The summed E-state index contributed by atoms with van der Waals surface area (Å²) < 4.78 is 1.12. The second-order valence-electron chi connectivity index (χ2n) is 3.41. The molecule has 0 saturated heterocycles. The Labute approximate surface area is 112 Å². The van der Waals surface area contributed by atoms with E-state index in [1.54, 1.807) is 23.7 Å². The number of rotatable bonds is 3. The number of hydrogen-bond donors (Lipinski definition) is 1. The van der Waals surface area contributed by atoms with Gasteiger partial charge in [0.2, 0.25) is 0 Å². The summed E-state index contributed by atoms with van der Waals surface area (Å²) >= 11 is 11.2. The second-order valence-corrected chi connectivity index (χ2v) is 6.37. The summed E-state index contributed by atoms with van der Waals surface area (Å²) in [5, 5.41) is 0.630. The van der Waals surface area contributed by atoms with Crippen LogP contribution in [0.15, 0.2) is 34.4 Å². The second kappa shape index (κ2) is 5.27. The third-order valence-corrected chi connectivity index (χ3v) is 4.22. The van der Waals surface area contributed by atoms with Gasteiger partial charge in [0.25, 0.3) is 0 Å². The predicted octanol–water partition coefficient (Wildman–Crippen LogP) is 3.80. The van der Waals surface area contributed by atoms with Crippen molar-refractivity contribution < 1.29 is 0 Å². The molecule has 2 rings (SSSR count). The van der Waals surface area contributed by atoms with Crippen molar-refractivity contribution in [1.29, 1.82) is 0 Å². The summed E-state index contributed by atoms with van der Waals surface area (Å²) in [5.74, 6) is 0. The molecule has 16 heavy (non-hydrogen) atoms. The van der Waals surface area contributed by atoms with E-state index in [-0.39, 0.29) is 6.04 Å². The first-order valence-corrected chi connectivity index (χ1v) is 6.75. The highest BCUT2D eigenvalue weighted by Gasteiger charge is 2.11. The molecule has 0 amide bonds. The SMILES string of the molecule is NC(Cc1ccc(Br)s1)c1ccncc1Cl. The van der Waals surface area contributed by atoms with Gasteiger partial charge in [0.1, 0.15) is 0 Å². The fourth-order valence-corrected chi connectivity index (χ4v) is 3.28. The Balaban J connectivity index is 2.14. The number of halogens is 2. The first kappa shape index (κ1) is 12.0. The Morgan fingerprint density at radius 2 is 2.25 bits per heavy atom. The van der Waals surface area contributed by atoms with Crippen molar-refractivity contribution >= 4 is 38.9 Å². The van der Waals surface area contributed by atoms with E-state index < -0.39 is 0 Å². The first-order chi connectivity index (χ1) is 7.66. The Hall–Kier alpha value is -0.420. The van der Waals surface area contributed by atoms with Crippen molar-refractivity contribution in [3.8, 4) is 0 Å². The van der Waals surface area contributed by atoms with Crippen LogP contribution in [0.4, 0.5) is 0 Å². The van der Waals surface area contributed by atoms with Gasteiger partial charge in [-0.05, 0) is 39.7 Å². The normalized spacial score (nSPS) is 12.7. The van der Waals surface area contributed by atoms with Gasteiger partial charge in [-0.2, -0.15) is 0 Å². The van der Waals surface area contributed by atoms with Gasteiger partial charge in [0.05, 0.1) is 8.81 Å². The minimum atomic E-state index is -0.0824. The van der Waals surface area contributed by atoms with Crippen LogP contribution in [0, 0.1) is 0 Å². The highest BCUT2D eigenvalue weighted by Crippen LogP contribution is 2.28. The summed E-state index contributed by atoms with van der Waals surface area (Å²) in [6.45, 7) is 0. The molecule has 1 unspecified atom stereocenters. The zero-order valence-electron chi connectivity index (χ0n) is 8.36. The molecule has 0 aliphatic rings. The van der Waals surface area contributed by atoms with Gasteiger partial charge in [-0.25, -0.2) is 0 Å². The molecule has 5 heteroatoms. The summed E-state index contributed by atoms with van der Waals surface area (Å²) in [4.78, 5) is 5.19. The molecule has 1 atom stereocenters. The maximum absolute atomic E-state index is 6.12. The molecule has 84 valence electrons. The molecule has 0 fully saturated rings. The van der Waals surface area contributed by atoms with Crippen LogP contribution in [0.2, 0.25) is 5.02 Å². The van der Waals surface area contributed by atoms with Gasteiger partial charge in [0.15, 0.2) is 0 Å². The third kappa shape index (κ3) is 2.83. The topological polar surface area (TPSA) is 38.9 Å². The van der Waals surface area contributed by atoms with E-state index in [9.17, 15) is 0 Å². The number of nitrogens with zero attached hydrogens (tertiary/aromatic N) is 1. The maximum Gasteiger partial charge on any atom is 0.0701 e. The van der Waals surface area contributed by atoms with Gasteiger partial charge in [-0.1, -0.05) is 11.6 Å². The average molecular weight is 318 g/mol. The van der Waals surface area contributed by atoms with Crippen LogP contribution in [-0.2, 0) is 6.42 Å². The molecule has 0 aliphatic carbocycles. The fourth-order valence-electron chi connectivity index (χ4n) is 1.47. The van der Waals surface area contributed by atoms with Crippen LogP contribution >= 0.6 is 38.9 Å². The molecule has 2 N–H and O–H groups in total. The molecule has 0 spiro atoms. The number of hydrogen-bond acceptors (Lipinski definition) is 3. The van der Waals surface area contributed by atoms with Crippen molar-refractivity contribution in [1.82, 2.24) is 4.98 Å². The summed E-state index contributed by atoms with van der Waals surface area (Å²) in [7, 11) is 0. The fraction of sp³-hybridized carbons (Fsp3) is 0.182. The van der Waals surface area contributed by atoms with Crippen molar-refractivity contribution in [3.63, 3.8) is 0 Å². The average Bonchev–Trinajstić information content (AvgIpc) is 2.64. The van der Waals surface area contributed by atoms with Crippen LogP contribution in [0.3, 0.4) is 0 Å². The third-order valence-electron chi connectivity index (χ3n) is 2.25. The number of pyridine rings is 1. The molecule has 2 aromatic heterocycles. The van der Waals surface area contributed by atoms with E-state index in [0.717, 1.165) is 15.8 Å². The molecule has 2 heterocycles. The van der Waals surface area contributed by atoms with Crippen LogP contribution in [0.25, 0.3) is 0 Å². The van der Waals surface area contributed by atoms with E-state index in [4.69, 9.17) is 17.3 Å². The summed E-state index contributed by atoms with van der Waals surface area (Å²) in [6.07, 6.45) is 4.13. The summed E-state index contributed by atoms with van der Waals surface area (Å²) in [5.41, 5.74) is 7.06. The monoisotopic (exact) mass is 316 g/mol. The van der Waals surface area contributed by atoms with Gasteiger partial charge < -0.3 is 5.73 Å². The number of thiophene rings is 1. The standard InChI is InChI=1S/C11H10BrClN2S/c12-11-2-1-7(16-11)5-10(14)8-3-4-15-6-9(8)13/h1-4,6,10H,5,14H2. The van der Waals surface area contributed by atoms with Crippen LogP contribution in [0.1, 0.15) is 16.5 Å². The molecular formula is C11H10BrClN2S. The van der Waals surface area contributed by atoms with E-state index in [2.05, 4.69) is 27.0 Å². The molecular weight excluding hydrogens is 308 g/mol. The molecule has 0 radical (unpaired) electrons. The van der Waals surface area contributed by atoms with Crippen LogP contribution in [0.5, 0.6) is 0 Å². The highest BCUT2D eigenvalue weighted by atomic mass is 79.9. The Bertz CT molecular complexity index is 486. The molecule has 0 aromatic carbocycles. The van der Waals surface area contributed by atoms with E-state index in [0.29, 0.717) is 5.02 Å². The largest absolute Gasteiger partial charge is 0.324 e. The molecule has 2 nitrogen and oxygen atoms in total. The zero-order chi connectivity index (χ0) is 11.5. The van der Waals surface area contributed by atoms with E-state index in [1.807, 2.05) is 12.1 Å². The lowest BCUT2D eigenvalue weighted by Crippen LogP contribution is -2.13. The predicted molar refractivity (Wildman–Crippen MR) is 71.9 cm³/mol. The van der Waals surface area contributed by atoms with Gasteiger partial charge >= 0.3 is 0 Å². The van der Waals surface area contributed by atoms with Gasteiger partial charge in [0, 0.05) is 29.7 Å². The maximum atomic E-state index is 6.12. The van der Waals surface area contributed by atoms with Crippen molar-refractivity contribution in [2.45, 2.75) is 12.5 Å². The number of aromatic nitrogens is 1. The van der Waals surface area contributed by atoms with Crippen molar-refractivity contribution in [2.24, 2.45) is 5.73 Å². The Kier molecular flexibility index (Phi) is 3.97. The number of nitrogens with two attached hydrogens (primary N) is 1. The summed E-state index contributed by atoms with van der Waals surface area (Å²) in [6, 6.07) is 5.89. The lowest BCUT2D eigenvalue weighted by molar-refractivity contribution is 0.729. The van der Waals surface area contributed by atoms with Gasteiger partial charge in [-0.15, -0.1) is 11.3 Å². The van der Waals surface area contributed by atoms with Crippen LogP contribution in [-0.4, -0.2) is 4.98 Å². The van der Waals surface area contributed by atoms with E-state index in [1.165, 1.54) is 4.88 Å². The quantitative estimate of drug-likeness (QED) is 0.935. The zero-order valence-corrected chi connectivity index (χ0v) is 11.5. The molecule has 2 aromatic rings. The molecule has 0 aliphatic heterocycles. The lowest BCUT2D eigenvalue weighted by atomic mass is 10.1. The van der Waals surface area contributed by atoms with Crippen LogP contribution < -0.4 is 5.73 Å². The smallest absolute Gasteiger partial charge is 0.0701 e. The first-order valence-electron chi connectivity index (χ1n) is 4.76. The lowest BCUT2D eigenvalue weighted by Gasteiger charge is -2.11. The van der Waals surface area contributed by atoms with Crippen molar-refractivity contribution in [3.05, 3.63) is 49.8 Å². The minimum absolute atomic E-state index is 0.0824. The minimum Gasteiger partial charge on any atom is -0.324 e. The Morgan fingerprint density at radius 1 is 1.44 bits per heavy atom. The van der Waals surface area contributed by atoms with Crippen molar-refractivity contribution in [2.75, 3.05) is 0 Å². The van der Waals surface area contributed by atoms with E-state index >= 15 is 0 Å².